The smallest absolute Gasteiger partial charge is 0.400 e. The van der Waals surface area contributed by atoms with Crippen LogP contribution in [0.4, 0.5) is 48.3 Å². The lowest BCUT2D eigenvalue weighted by Gasteiger charge is -2.34. The highest BCUT2D eigenvalue weighted by Crippen LogP contribution is 2.43. The van der Waals surface area contributed by atoms with E-state index < -0.39 is 100 Å². The standard InChI is InChI=1S/C29H23F11O2/c1-2-3-14-8-21(32)26(22(33)9-14)29(39,40)41-17-6-4-16(5-7-17)28(37,38)42-18-12-19(30)25(20(31)13-18)15-10-23(34)27(36)24(35)11-15/h8-13,16-17H,2-7H2,1H3. The van der Waals surface area contributed by atoms with E-state index in [2.05, 4.69) is 9.47 Å². The zero-order chi connectivity index (χ0) is 31.0. The van der Waals surface area contributed by atoms with Gasteiger partial charge >= 0.3 is 12.2 Å². The van der Waals surface area contributed by atoms with E-state index in [9.17, 15) is 48.3 Å². The second-order valence-corrected chi connectivity index (χ2v) is 9.97. The van der Waals surface area contributed by atoms with E-state index in [-0.39, 0.29) is 24.8 Å². The van der Waals surface area contributed by atoms with Gasteiger partial charge in [-0.2, -0.15) is 17.6 Å². The number of halogens is 11. The summed E-state index contributed by atoms with van der Waals surface area (Å²) in [5.74, 6) is -14.0. The first kappa shape index (κ1) is 31.6. The Morgan fingerprint density at radius 3 is 1.71 bits per heavy atom. The second-order valence-electron chi connectivity index (χ2n) is 9.97. The van der Waals surface area contributed by atoms with E-state index in [0.717, 1.165) is 12.1 Å². The van der Waals surface area contributed by atoms with Crippen LogP contribution in [0, 0.1) is 46.6 Å². The monoisotopic (exact) mass is 612 g/mol. The Kier molecular flexibility index (Phi) is 9.10. The first-order chi connectivity index (χ1) is 19.6. The van der Waals surface area contributed by atoms with Crippen molar-refractivity contribution < 1.29 is 57.8 Å². The van der Waals surface area contributed by atoms with Crippen LogP contribution >= 0.6 is 0 Å². The Labute approximate surface area is 233 Å². The molecule has 1 fully saturated rings. The molecule has 0 atom stereocenters. The molecule has 1 aliphatic rings. The zero-order valence-corrected chi connectivity index (χ0v) is 21.8. The molecule has 0 spiro atoms. The molecule has 0 amide bonds. The summed E-state index contributed by atoms with van der Waals surface area (Å²) in [4.78, 5) is 0. The maximum atomic E-state index is 14.9. The summed E-state index contributed by atoms with van der Waals surface area (Å²) >= 11 is 0. The lowest BCUT2D eigenvalue weighted by molar-refractivity contribution is -0.287. The minimum Gasteiger partial charge on any atom is -0.432 e. The lowest BCUT2D eigenvalue weighted by atomic mass is 9.86. The Hall–Kier alpha value is -3.35. The average molecular weight is 612 g/mol. The van der Waals surface area contributed by atoms with Gasteiger partial charge in [0.25, 0.3) is 0 Å². The summed E-state index contributed by atoms with van der Waals surface area (Å²) < 4.78 is 166. The van der Waals surface area contributed by atoms with Crippen molar-refractivity contribution in [2.45, 2.75) is 63.8 Å². The summed E-state index contributed by atoms with van der Waals surface area (Å²) in [7, 11) is 0. The Balaban J connectivity index is 1.42. The number of aryl methyl sites for hydroxylation is 1. The van der Waals surface area contributed by atoms with Gasteiger partial charge in [-0.15, -0.1) is 0 Å². The number of rotatable bonds is 9. The third-order valence-electron chi connectivity index (χ3n) is 6.94. The number of hydrogen-bond acceptors (Lipinski definition) is 2. The molecule has 0 unspecified atom stereocenters. The first-order valence-electron chi connectivity index (χ1n) is 12.9. The minimum absolute atomic E-state index is 0.183. The molecule has 1 aliphatic carbocycles. The van der Waals surface area contributed by atoms with E-state index in [0.29, 0.717) is 30.7 Å². The number of hydrogen-bond donors (Lipinski definition) is 0. The molecule has 42 heavy (non-hydrogen) atoms. The fraction of sp³-hybridized carbons (Fsp3) is 0.379. The highest BCUT2D eigenvalue weighted by atomic mass is 19.3. The van der Waals surface area contributed by atoms with Gasteiger partial charge in [0.15, 0.2) is 17.5 Å². The molecule has 1 saturated carbocycles. The minimum atomic E-state index is -4.39. The van der Waals surface area contributed by atoms with Crippen molar-refractivity contribution in [3.8, 4) is 16.9 Å². The SMILES string of the molecule is CCCc1cc(F)c(C(F)(F)OC2CCC(C(F)(F)Oc3cc(F)c(-c4cc(F)c(F)c(F)c4)c(F)c3)CC2)c(F)c1. The second kappa shape index (κ2) is 12.1. The highest BCUT2D eigenvalue weighted by Gasteiger charge is 2.47. The van der Waals surface area contributed by atoms with Gasteiger partial charge in [0.05, 0.1) is 17.6 Å². The molecule has 2 nitrogen and oxygen atoms in total. The maximum absolute atomic E-state index is 14.9. The largest absolute Gasteiger partial charge is 0.432 e. The van der Waals surface area contributed by atoms with E-state index in [4.69, 9.17) is 0 Å². The normalized spacial score (nSPS) is 17.9. The third kappa shape index (κ3) is 6.66. The van der Waals surface area contributed by atoms with Gasteiger partial charge in [0.1, 0.15) is 34.6 Å². The Morgan fingerprint density at radius 1 is 0.690 bits per heavy atom. The fourth-order valence-electron chi connectivity index (χ4n) is 4.95. The maximum Gasteiger partial charge on any atom is 0.400 e. The number of alkyl halides is 4. The summed E-state index contributed by atoms with van der Waals surface area (Å²) in [5.41, 5.74) is -3.15. The van der Waals surface area contributed by atoms with Gasteiger partial charge in [-0.3, -0.25) is 0 Å². The van der Waals surface area contributed by atoms with Gasteiger partial charge in [0, 0.05) is 12.1 Å². The summed E-state index contributed by atoms with van der Waals surface area (Å²) in [6.07, 6.45) is -10.6. The molecule has 0 saturated heterocycles. The van der Waals surface area contributed by atoms with Crippen molar-refractivity contribution in [2.24, 2.45) is 5.92 Å². The van der Waals surface area contributed by atoms with Crippen LogP contribution in [0.2, 0.25) is 0 Å². The molecular formula is C29H23F11O2. The van der Waals surface area contributed by atoms with E-state index in [1.807, 2.05) is 0 Å². The summed E-state index contributed by atoms with van der Waals surface area (Å²) in [5, 5.41) is 0. The van der Waals surface area contributed by atoms with Crippen molar-refractivity contribution in [3.63, 3.8) is 0 Å². The van der Waals surface area contributed by atoms with Crippen LogP contribution in [-0.2, 0) is 17.3 Å². The summed E-state index contributed by atoms with van der Waals surface area (Å²) in [6.45, 7) is 1.74. The van der Waals surface area contributed by atoms with Crippen LogP contribution in [0.15, 0.2) is 36.4 Å². The molecule has 3 aromatic rings. The van der Waals surface area contributed by atoms with E-state index in [1.54, 1.807) is 6.92 Å². The average Bonchev–Trinajstić information content (AvgIpc) is 2.86. The zero-order valence-electron chi connectivity index (χ0n) is 21.8. The molecule has 0 N–H and O–H groups in total. The van der Waals surface area contributed by atoms with Crippen LogP contribution in [-0.4, -0.2) is 12.2 Å². The van der Waals surface area contributed by atoms with E-state index >= 15 is 0 Å². The molecule has 4 rings (SSSR count). The third-order valence-corrected chi connectivity index (χ3v) is 6.94. The Morgan fingerprint density at radius 2 is 1.21 bits per heavy atom. The topological polar surface area (TPSA) is 18.5 Å². The van der Waals surface area contributed by atoms with Crippen molar-refractivity contribution in [1.29, 1.82) is 0 Å². The van der Waals surface area contributed by atoms with Gasteiger partial charge in [-0.05, 0) is 67.5 Å². The number of ether oxygens (including phenoxy) is 2. The number of benzene rings is 3. The van der Waals surface area contributed by atoms with E-state index in [1.165, 1.54) is 0 Å². The molecule has 3 aromatic carbocycles. The molecule has 228 valence electrons. The summed E-state index contributed by atoms with van der Waals surface area (Å²) in [6, 6.07) is 2.89. The predicted octanol–water partition coefficient (Wildman–Crippen LogP) is 9.58. The van der Waals surface area contributed by atoms with Crippen LogP contribution in [0.1, 0.15) is 50.2 Å². The molecule has 0 radical (unpaired) electrons. The molecule has 0 aromatic heterocycles. The molecular weight excluding hydrogens is 589 g/mol. The quantitative estimate of drug-likeness (QED) is 0.177. The van der Waals surface area contributed by atoms with Gasteiger partial charge in [0.2, 0.25) is 0 Å². The molecule has 13 heteroatoms. The van der Waals surface area contributed by atoms with Crippen molar-refractivity contribution in [1.82, 2.24) is 0 Å². The van der Waals surface area contributed by atoms with Crippen LogP contribution in [0.3, 0.4) is 0 Å². The Bertz CT molecular complexity index is 1380. The van der Waals surface area contributed by atoms with Crippen LogP contribution in [0.5, 0.6) is 5.75 Å². The highest BCUT2D eigenvalue weighted by molar-refractivity contribution is 5.66. The fourth-order valence-corrected chi connectivity index (χ4v) is 4.95. The van der Waals surface area contributed by atoms with Crippen molar-refractivity contribution in [2.75, 3.05) is 0 Å². The lowest BCUT2D eigenvalue weighted by Crippen LogP contribution is -2.39. The first-order valence-corrected chi connectivity index (χ1v) is 12.9. The van der Waals surface area contributed by atoms with Crippen molar-refractivity contribution in [3.05, 3.63) is 88.2 Å². The molecule has 0 heterocycles. The van der Waals surface area contributed by atoms with Gasteiger partial charge in [-0.1, -0.05) is 13.3 Å². The van der Waals surface area contributed by atoms with Crippen LogP contribution < -0.4 is 4.74 Å². The predicted molar refractivity (Wildman–Crippen MR) is 128 cm³/mol. The molecule has 0 bridgehead atoms. The van der Waals surface area contributed by atoms with Gasteiger partial charge < -0.3 is 9.47 Å². The van der Waals surface area contributed by atoms with Gasteiger partial charge in [-0.25, -0.2) is 30.7 Å². The van der Waals surface area contributed by atoms with Crippen molar-refractivity contribution >= 4 is 0 Å². The van der Waals surface area contributed by atoms with Crippen LogP contribution in [0.25, 0.3) is 11.1 Å². The molecule has 0 aliphatic heterocycles.